The van der Waals surface area contributed by atoms with E-state index in [9.17, 15) is 9.90 Å². The van der Waals surface area contributed by atoms with Gasteiger partial charge in [0, 0.05) is 12.1 Å². The van der Waals surface area contributed by atoms with Gasteiger partial charge < -0.3 is 10.4 Å². The highest BCUT2D eigenvalue weighted by atomic mass is 35.5. The van der Waals surface area contributed by atoms with Crippen molar-refractivity contribution in [2.24, 2.45) is 5.92 Å². The van der Waals surface area contributed by atoms with Crippen LogP contribution in [0.1, 0.15) is 30.6 Å². The molecule has 0 spiro atoms. The first-order valence-corrected chi connectivity index (χ1v) is 6.43. The number of nitrogens with one attached hydrogen (secondary N) is 1. The van der Waals surface area contributed by atoms with E-state index in [1.165, 1.54) is 12.1 Å². The number of hydrogen-bond acceptors (Lipinski definition) is 3. The molecule has 1 atom stereocenters. The van der Waals surface area contributed by atoms with Crippen molar-refractivity contribution in [1.82, 2.24) is 10.3 Å². The predicted octanol–water partition coefficient (Wildman–Crippen LogP) is 2.53. The Kier molecular flexibility index (Phi) is 5.85. The van der Waals surface area contributed by atoms with Crippen molar-refractivity contribution >= 4 is 29.1 Å². The van der Waals surface area contributed by atoms with E-state index in [-0.39, 0.29) is 22.8 Å². The Morgan fingerprint density at radius 2 is 1.94 bits per heavy atom. The van der Waals surface area contributed by atoms with Crippen molar-refractivity contribution in [3.8, 4) is 0 Å². The molecular formula is C12H16Cl2N2O2. The molecule has 6 heteroatoms. The number of carbonyl (C=O) groups excluding carboxylic acids is 1. The molecule has 100 valence electrons. The lowest BCUT2D eigenvalue weighted by Gasteiger charge is -2.13. The minimum atomic E-state index is -0.554. The molecule has 0 aliphatic rings. The molecular weight excluding hydrogens is 275 g/mol. The maximum absolute atomic E-state index is 11.8. The van der Waals surface area contributed by atoms with Crippen LogP contribution in [0.4, 0.5) is 0 Å². The summed E-state index contributed by atoms with van der Waals surface area (Å²) in [6.07, 6.45) is 0.0831. The Hall–Kier alpha value is -0.840. The van der Waals surface area contributed by atoms with Gasteiger partial charge in [-0.15, -0.1) is 0 Å². The molecule has 1 rings (SSSR count). The number of carbonyl (C=O) groups is 1. The SMILES string of the molecule is CC(C)CC(O)CNC(=O)c1cc(Cl)nc(Cl)c1. The Morgan fingerprint density at radius 3 is 2.44 bits per heavy atom. The first-order chi connectivity index (χ1) is 8.38. The number of amides is 1. The summed E-state index contributed by atoms with van der Waals surface area (Å²) < 4.78 is 0. The number of hydrogen-bond donors (Lipinski definition) is 2. The minimum Gasteiger partial charge on any atom is -0.391 e. The second-order valence-electron chi connectivity index (χ2n) is 4.49. The molecule has 0 aliphatic heterocycles. The van der Waals surface area contributed by atoms with E-state index >= 15 is 0 Å². The molecule has 1 aromatic rings. The average Bonchev–Trinajstić information content (AvgIpc) is 2.23. The molecule has 0 radical (unpaired) electrons. The van der Waals surface area contributed by atoms with Gasteiger partial charge in [-0.25, -0.2) is 4.98 Å². The maximum atomic E-state index is 11.8. The fourth-order valence-corrected chi connectivity index (χ4v) is 2.00. The van der Waals surface area contributed by atoms with E-state index in [1.54, 1.807) is 0 Å². The maximum Gasteiger partial charge on any atom is 0.251 e. The predicted molar refractivity (Wildman–Crippen MR) is 72.1 cm³/mol. The Labute approximate surface area is 116 Å². The fourth-order valence-electron chi connectivity index (χ4n) is 1.54. The molecule has 0 aliphatic carbocycles. The molecule has 1 unspecified atom stereocenters. The van der Waals surface area contributed by atoms with Gasteiger partial charge in [0.25, 0.3) is 5.91 Å². The second kappa shape index (κ2) is 6.92. The van der Waals surface area contributed by atoms with Crippen LogP contribution in [0.3, 0.4) is 0 Å². The molecule has 0 aromatic carbocycles. The number of halogens is 2. The topological polar surface area (TPSA) is 62.2 Å². The molecule has 1 aromatic heterocycles. The minimum absolute atomic E-state index is 0.162. The number of aliphatic hydroxyl groups excluding tert-OH is 1. The first kappa shape index (κ1) is 15.2. The van der Waals surface area contributed by atoms with Gasteiger partial charge in [-0.1, -0.05) is 37.0 Å². The van der Waals surface area contributed by atoms with E-state index in [0.29, 0.717) is 17.9 Å². The lowest BCUT2D eigenvalue weighted by molar-refractivity contribution is 0.0900. The third-order valence-corrected chi connectivity index (χ3v) is 2.65. The summed E-state index contributed by atoms with van der Waals surface area (Å²) in [7, 11) is 0. The number of nitrogens with zero attached hydrogens (tertiary/aromatic N) is 1. The lowest BCUT2D eigenvalue weighted by atomic mass is 10.1. The van der Waals surface area contributed by atoms with Crippen LogP contribution in [0.2, 0.25) is 10.3 Å². The Bertz CT molecular complexity index is 404. The molecule has 18 heavy (non-hydrogen) atoms. The molecule has 0 saturated heterocycles. The van der Waals surface area contributed by atoms with Crippen LogP contribution in [0, 0.1) is 5.92 Å². The van der Waals surface area contributed by atoms with Gasteiger partial charge in [0.15, 0.2) is 0 Å². The van der Waals surface area contributed by atoms with Gasteiger partial charge in [-0.3, -0.25) is 4.79 Å². The molecule has 0 bridgehead atoms. The van der Waals surface area contributed by atoms with Crippen LogP contribution in [0.5, 0.6) is 0 Å². The molecule has 4 nitrogen and oxygen atoms in total. The largest absolute Gasteiger partial charge is 0.391 e. The zero-order chi connectivity index (χ0) is 13.7. The average molecular weight is 291 g/mol. The lowest BCUT2D eigenvalue weighted by Crippen LogP contribution is -2.32. The van der Waals surface area contributed by atoms with Crippen LogP contribution >= 0.6 is 23.2 Å². The monoisotopic (exact) mass is 290 g/mol. The number of pyridine rings is 1. The van der Waals surface area contributed by atoms with E-state index in [2.05, 4.69) is 10.3 Å². The third kappa shape index (κ3) is 5.21. The van der Waals surface area contributed by atoms with Crippen LogP contribution in [-0.2, 0) is 0 Å². The number of rotatable bonds is 5. The molecule has 0 saturated carbocycles. The standard InChI is InChI=1S/C12H16Cl2N2O2/c1-7(2)3-9(17)6-15-12(18)8-4-10(13)16-11(14)5-8/h4-5,7,9,17H,3,6H2,1-2H3,(H,15,18). The molecule has 0 fully saturated rings. The van der Waals surface area contributed by atoms with Gasteiger partial charge >= 0.3 is 0 Å². The van der Waals surface area contributed by atoms with Crippen molar-refractivity contribution in [2.45, 2.75) is 26.4 Å². The number of aromatic nitrogens is 1. The van der Waals surface area contributed by atoms with E-state index in [0.717, 1.165) is 0 Å². The van der Waals surface area contributed by atoms with E-state index < -0.39 is 6.10 Å². The third-order valence-electron chi connectivity index (χ3n) is 2.27. The Balaban J connectivity index is 2.55. The molecule has 1 amide bonds. The fraction of sp³-hybridized carbons (Fsp3) is 0.500. The zero-order valence-electron chi connectivity index (χ0n) is 10.3. The van der Waals surface area contributed by atoms with E-state index in [1.807, 2.05) is 13.8 Å². The number of aliphatic hydroxyl groups is 1. The van der Waals surface area contributed by atoms with Gasteiger partial charge in [-0.2, -0.15) is 0 Å². The van der Waals surface area contributed by atoms with Gasteiger partial charge in [-0.05, 0) is 24.5 Å². The van der Waals surface area contributed by atoms with Crippen LogP contribution in [0.25, 0.3) is 0 Å². The van der Waals surface area contributed by atoms with Crippen molar-refractivity contribution in [3.63, 3.8) is 0 Å². The van der Waals surface area contributed by atoms with Gasteiger partial charge in [0.1, 0.15) is 10.3 Å². The summed E-state index contributed by atoms with van der Waals surface area (Å²) in [5, 5.41) is 12.6. The summed E-state index contributed by atoms with van der Waals surface area (Å²) in [5.41, 5.74) is 0.330. The molecule has 2 N–H and O–H groups in total. The van der Waals surface area contributed by atoms with Gasteiger partial charge in [0.05, 0.1) is 6.10 Å². The summed E-state index contributed by atoms with van der Waals surface area (Å²) in [6.45, 7) is 4.22. The summed E-state index contributed by atoms with van der Waals surface area (Å²) in [6, 6.07) is 2.86. The highest BCUT2D eigenvalue weighted by molar-refractivity contribution is 6.33. The van der Waals surface area contributed by atoms with Crippen molar-refractivity contribution in [2.75, 3.05) is 6.54 Å². The van der Waals surface area contributed by atoms with E-state index in [4.69, 9.17) is 23.2 Å². The first-order valence-electron chi connectivity index (χ1n) is 5.68. The Morgan fingerprint density at radius 1 is 1.39 bits per heavy atom. The van der Waals surface area contributed by atoms with Gasteiger partial charge in [0.2, 0.25) is 0 Å². The zero-order valence-corrected chi connectivity index (χ0v) is 11.8. The summed E-state index contributed by atoms with van der Waals surface area (Å²) in [5.74, 6) is 0.0470. The van der Waals surface area contributed by atoms with Crippen LogP contribution < -0.4 is 5.32 Å². The van der Waals surface area contributed by atoms with Crippen molar-refractivity contribution in [3.05, 3.63) is 28.0 Å². The smallest absolute Gasteiger partial charge is 0.251 e. The highest BCUT2D eigenvalue weighted by Gasteiger charge is 2.12. The van der Waals surface area contributed by atoms with Crippen LogP contribution in [0.15, 0.2) is 12.1 Å². The summed E-state index contributed by atoms with van der Waals surface area (Å²) in [4.78, 5) is 15.5. The van der Waals surface area contributed by atoms with Crippen molar-refractivity contribution in [1.29, 1.82) is 0 Å². The molecule has 1 heterocycles. The normalized spacial score (nSPS) is 12.6. The van der Waals surface area contributed by atoms with Crippen LogP contribution in [-0.4, -0.2) is 28.6 Å². The summed E-state index contributed by atoms with van der Waals surface area (Å²) >= 11 is 11.4. The quantitative estimate of drug-likeness (QED) is 0.819. The van der Waals surface area contributed by atoms with Crippen molar-refractivity contribution < 1.29 is 9.90 Å². The highest BCUT2D eigenvalue weighted by Crippen LogP contribution is 2.14. The second-order valence-corrected chi connectivity index (χ2v) is 5.27.